The molecule has 240 valence electrons. The second kappa shape index (κ2) is 13.1. The lowest BCUT2D eigenvalue weighted by atomic mass is 10.0. The van der Waals surface area contributed by atoms with Crippen LogP contribution < -0.4 is 9.04 Å². The van der Waals surface area contributed by atoms with Gasteiger partial charge in [-0.05, 0) is 68.3 Å². The number of rotatable bonds is 9. The number of aryl methyl sites for hydroxylation is 1. The molecule has 2 atom stereocenters. The maximum Gasteiger partial charge on any atom is 0.338 e. The van der Waals surface area contributed by atoms with Gasteiger partial charge >= 0.3 is 5.97 Å². The van der Waals surface area contributed by atoms with E-state index >= 15 is 0 Å². The molecule has 15 heteroatoms. The van der Waals surface area contributed by atoms with E-state index in [1.807, 2.05) is 0 Å². The summed E-state index contributed by atoms with van der Waals surface area (Å²) in [5.74, 6) is -1.11. The highest BCUT2D eigenvalue weighted by atomic mass is 35.5. The number of benzene rings is 3. The first-order valence-electron chi connectivity index (χ1n) is 13.9. The summed E-state index contributed by atoms with van der Waals surface area (Å²) in [5.41, 5.74) is 1.30. The van der Waals surface area contributed by atoms with Gasteiger partial charge in [0.15, 0.2) is 11.3 Å². The molecule has 1 aliphatic rings. The Morgan fingerprint density at radius 1 is 1.22 bits per heavy atom. The van der Waals surface area contributed by atoms with Crippen molar-refractivity contribution in [1.29, 1.82) is 0 Å². The molecule has 0 radical (unpaired) electrons. The molecular formula is C31H27Cl2FN4O7S. The molecule has 0 unspecified atom stereocenters. The van der Waals surface area contributed by atoms with Crippen LogP contribution in [0.3, 0.4) is 0 Å². The zero-order valence-corrected chi connectivity index (χ0v) is 27.0. The Balaban J connectivity index is 1.51. The average molecular weight is 690 g/mol. The van der Waals surface area contributed by atoms with E-state index in [-0.39, 0.29) is 49.9 Å². The highest BCUT2D eigenvalue weighted by Gasteiger charge is 2.40. The molecule has 0 fully saturated rings. The molecule has 46 heavy (non-hydrogen) atoms. The Morgan fingerprint density at radius 2 is 1.93 bits per heavy atom. The maximum absolute atomic E-state index is 14.6. The molecule has 3 aromatic carbocycles. The number of aromatic nitrogens is 2. The SMILES string of the molecule is CCn1cc(S(=O)(=O)N2C[C@@H]([C@@H](C)OC(=O)c3ccc([N+](=O)[O-])cc3)Oc3ccc(/C=C(\C)c4c(F)cccc4Cl)cc32)c(Cl)n1. The fourth-order valence-corrected chi connectivity index (χ4v) is 7.16. The van der Waals surface area contributed by atoms with Crippen LogP contribution in [0.15, 0.2) is 71.8 Å². The Labute approximate surface area is 273 Å². The lowest BCUT2D eigenvalue weighted by molar-refractivity contribution is -0.384. The lowest BCUT2D eigenvalue weighted by Gasteiger charge is -2.37. The largest absolute Gasteiger partial charge is 0.482 e. The lowest BCUT2D eigenvalue weighted by Crippen LogP contribution is -2.49. The first-order chi connectivity index (χ1) is 21.8. The predicted octanol–water partition coefficient (Wildman–Crippen LogP) is 7.02. The van der Waals surface area contributed by atoms with E-state index in [1.165, 1.54) is 47.3 Å². The number of nitrogens with zero attached hydrogens (tertiary/aromatic N) is 4. The number of halogens is 3. The molecule has 0 aliphatic carbocycles. The maximum atomic E-state index is 14.6. The topological polar surface area (TPSA) is 134 Å². The van der Waals surface area contributed by atoms with E-state index in [9.17, 15) is 27.7 Å². The molecule has 0 amide bonds. The standard InChI is InChI=1S/C31H27Cl2FN4O7S/c1-4-36-17-28(30(33)35-36)46(42,43)37-16-27(19(3)44-31(39)21-9-11-22(12-10-21)38(40)41)45-26-13-8-20(15-25(26)37)14-18(2)29-23(32)6-5-7-24(29)34/h5-15,17,19,27H,4,16H2,1-3H3/b18-14+/t19-,27+/m1/s1. The Kier molecular flexibility index (Phi) is 9.38. The highest BCUT2D eigenvalue weighted by molar-refractivity contribution is 7.93. The van der Waals surface area contributed by atoms with Crippen LogP contribution in [0.1, 0.15) is 42.3 Å². The number of ether oxygens (including phenoxy) is 2. The van der Waals surface area contributed by atoms with Gasteiger partial charge in [-0.15, -0.1) is 0 Å². The van der Waals surface area contributed by atoms with Crippen LogP contribution in [0.5, 0.6) is 5.75 Å². The van der Waals surface area contributed by atoms with Crippen LogP contribution in [0.2, 0.25) is 10.2 Å². The second-order valence-electron chi connectivity index (χ2n) is 10.4. The van der Waals surface area contributed by atoms with Gasteiger partial charge in [0, 0.05) is 30.4 Å². The van der Waals surface area contributed by atoms with Crippen molar-refractivity contribution in [3.8, 4) is 5.75 Å². The van der Waals surface area contributed by atoms with Crippen molar-refractivity contribution >= 4 is 62.2 Å². The Bertz CT molecular complexity index is 1950. The van der Waals surface area contributed by atoms with Crippen molar-refractivity contribution in [2.75, 3.05) is 10.8 Å². The van der Waals surface area contributed by atoms with E-state index in [2.05, 4.69) is 5.10 Å². The summed E-state index contributed by atoms with van der Waals surface area (Å²) in [5, 5.41) is 15.0. The van der Waals surface area contributed by atoms with Gasteiger partial charge in [-0.1, -0.05) is 41.4 Å². The van der Waals surface area contributed by atoms with E-state index < -0.39 is 38.9 Å². The third-order valence-electron chi connectivity index (χ3n) is 7.32. The number of hydrogen-bond donors (Lipinski definition) is 0. The average Bonchev–Trinajstić information content (AvgIpc) is 3.41. The van der Waals surface area contributed by atoms with Gasteiger partial charge in [-0.2, -0.15) is 5.10 Å². The van der Waals surface area contributed by atoms with Gasteiger partial charge in [0.25, 0.3) is 15.7 Å². The van der Waals surface area contributed by atoms with Gasteiger partial charge in [0.2, 0.25) is 0 Å². The Hall–Kier alpha value is -4.46. The normalized spacial score (nSPS) is 15.6. The van der Waals surface area contributed by atoms with E-state index in [4.69, 9.17) is 32.7 Å². The van der Waals surface area contributed by atoms with Crippen LogP contribution in [-0.4, -0.2) is 47.8 Å². The molecule has 0 bridgehead atoms. The number of esters is 1. The van der Waals surface area contributed by atoms with Crippen LogP contribution in [0.4, 0.5) is 15.8 Å². The monoisotopic (exact) mass is 688 g/mol. The molecular weight excluding hydrogens is 662 g/mol. The quantitative estimate of drug-likeness (QED) is 0.0793. The Morgan fingerprint density at radius 3 is 2.57 bits per heavy atom. The minimum absolute atomic E-state index is 0.0682. The smallest absolute Gasteiger partial charge is 0.338 e. The van der Waals surface area contributed by atoms with Crippen molar-refractivity contribution in [2.45, 2.75) is 44.4 Å². The van der Waals surface area contributed by atoms with Gasteiger partial charge < -0.3 is 9.47 Å². The van der Waals surface area contributed by atoms with Gasteiger partial charge in [-0.25, -0.2) is 17.6 Å². The minimum Gasteiger partial charge on any atom is -0.482 e. The number of nitro groups is 1. The van der Waals surface area contributed by atoms with E-state index in [0.717, 1.165) is 4.31 Å². The molecule has 5 rings (SSSR count). The van der Waals surface area contributed by atoms with Crippen molar-refractivity contribution in [3.05, 3.63) is 110 Å². The molecule has 1 aromatic heterocycles. The van der Waals surface area contributed by atoms with Crippen LogP contribution in [0, 0.1) is 15.9 Å². The minimum atomic E-state index is -4.33. The molecule has 0 saturated carbocycles. The van der Waals surface area contributed by atoms with Crippen molar-refractivity contribution in [2.24, 2.45) is 0 Å². The zero-order chi connectivity index (χ0) is 33.3. The van der Waals surface area contributed by atoms with Crippen molar-refractivity contribution in [1.82, 2.24) is 9.78 Å². The number of carbonyl (C=O) groups is 1. The third kappa shape index (κ3) is 6.57. The van der Waals surface area contributed by atoms with Crippen LogP contribution >= 0.6 is 23.2 Å². The number of nitro benzene ring substituents is 1. The number of carbonyl (C=O) groups excluding carboxylic acids is 1. The number of non-ortho nitro benzene ring substituents is 1. The summed E-state index contributed by atoms with van der Waals surface area (Å²) in [4.78, 5) is 23.0. The molecule has 1 aliphatic heterocycles. The number of sulfonamides is 1. The van der Waals surface area contributed by atoms with Gasteiger partial charge in [-0.3, -0.25) is 19.1 Å². The summed E-state index contributed by atoms with van der Waals surface area (Å²) >= 11 is 12.5. The summed E-state index contributed by atoms with van der Waals surface area (Å²) in [6, 6.07) is 14.1. The van der Waals surface area contributed by atoms with Gasteiger partial charge in [0.1, 0.15) is 22.6 Å². The highest BCUT2D eigenvalue weighted by Crippen LogP contribution is 2.40. The molecule has 0 spiro atoms. The summed E-state index contributed by atoms with van der Waals surface area (Å²) < 4.78 is 57.1. The number of anilines is 1. The summed E-state index contributed by atoms with van der Waals surface area (Å²) in [6.45, 7) is 5.11. The first-order valence-corrected chi connectivity index (χ1v) is 16.1. The fraction of sp³-hybridized carbons (Fsp3) is 0.226. The predicted molar refractivity (Wildman–Crippen MR) is 171 cm³/mol. The van der Waals surface area contributed by atoms with Gasteiger partial charge in [0.05, 0.1) is 27.7 Å². The number of fused-ring (bicyclic) bond motifs is 1. The first kappa shape index (κ1) is 32.9. The van der Waals surface area contributed by atoms with E-state index in [1.54, 1.807) is 51.1 Å². The molecule has 0 saturated heterocycles. The molecule has 0 N–H and O–H groups in total. The van der Waals surface area contributed by atoms with Crippen LogP contribution in [0.25, 0.3) is 11.6 Å². The van der Waals surface area contributed by atoms with E-state index in [0.29, 0.717) is 17.7 Å². The van der Waals surface area contributed by atoms with Crippen LogP contribution in [-0.2, 0) is 21.3 Å². The fourth-order valence-electron chi connectivity index (χ4n) is 4.91. The molecule has 4 aromatic rings. The van der Waals surface area contributed by atoms with Crippen molar-refractivity contribution < 1.29 is 32.0 Å². The van der Waals surface area contributed by atoms with Crippen molar-refractivity contribution in [3.63, 3.8) is 0 Å². The number of allylic oxidation sites excluding steroid dienone is 1. The third-order valence-corrected chi connectivity index (χ3v) is 9.81. The second-order valence-corrected chi connectivity index (χ2v) is 13.0. The molecule has 11 nitrogen and oxygen atoms in total. The summed E-state index contributed by atoms with van der Waals surface area (Å²) in [6.07, 6.45) is 1.06. The molecule has 2 heterocycles. The zero-order valence-electron chi connectivity index (χ0n) is 24.7. The summed E-state index contributed by atoms with van der Waals surface area (Å²) in [7, 11) is -4.33. The number of hydrogen-bond acceptors (Lipinski definition) is 8.